The van der Waals surface area contributed by atoms with Crippen molar-refractivity contribution in [3.63, 3.8) is 0 Å². The van der Waals surface area contributed by atoms with Gasteiger partial charge in [0, 0.05) is 18.8 Å². The van der Waals surface area contributed by atoms with Crippen molar-refractivity contribution < 1.29 is 4.74 Å². The summed E-state index contributed by atoms with van der Waals surface area (Å²) in [5.74, 6) is 2.01. The van der Waals surface area contributed by atoms with Crippen LogP contribution >= 0.6 is 0 Å². The molecule has 0 aliphatic heterocycles. The third-order valence-corrected chi connectivity index (χ3v) is 5.49. The van der Waals surface area contributed by atoms with Crippen LogP contribution < -0.4 is 5.32 Å². The lowest BCUT2D eigenvalue weighted by Gasteiger charge is -2.40. The summed E-state index contributed by atoms with van der Waals surface area (Å²) in [5, 5.41) is 3.84. The SMILES string of the molecule is COCCc1ccccc1NC1CCC2CCCCC2C1. The average Bonchev–Trinajstić information content (AvgIpc) is 2.54. The number of methoxy groups -OCH3 is 1. The van der Waals surface area contributed by atoms with Crippen LogP contribution in [0.15, 0.2) is 24.3 Å². The number of fused-ring (bicyclic) bond motifs is 1. The molecular formula is C19H29NO. The van der Waals surface area contributed by atoms with Crippen LogP contribution in [0.3, 0.4) is 0 Å². The minimum Gasteiger partial charge on any atom is -0.384 e. The van der Waals surface area contributed by atoms with Crippen molar-refractivity contribution in [3.05, 3.63) is 29.8 Å². The Morgan fingerprint density at radius 1 is 1.05 bits per heavy atom. The second kappa shape index (κ2) is 7.31. The first-order chi connectivity index (χ1) is 10.4. The van der Waals surface area contributed by atoms with Crippen molar-refractivity contribution in [2.24, 2.45) is 11.8 Å². The molecule has 116 valence electrons. The van der Waals surface area contributed by atoms with Gasteiger partial charge in [0.2, 0.25) is 0 Å². The molecule has 2 saturated carbocycles. The van der Waals surface area contributed by atoms with Crippen LogP contribution in [0, 0.1) is 11.8 Å². The van der Waals surface area contributed by atoms with E-state index < -0.39 is 0 Å². The Hall–Kier alpha value is -1.02. The van der Waals surface area contributed by atoms with Gasteiger partial charge in [-0.3, -0.25) is 0 Å². The zero-order valence-corrected chi connectivity index (χ0v) is 13.3. The summed E-state index contributed by atoms with van der Waals surface area (Å²) in [6.07, 6.45) is 11.0. The van der Waals surface area contributed by atoms with E-state index >= 15 is 0 Å². The number of rotatable bonds is 5. The maximum absolute atomic E-state index is 5.23. The second-order valence-corrected chi connectivity index (χ2v) is 6.86. The van der Waals surface area contributed by atoms with E-state index in [1.54, 1.807) is 7.11 Å². The van der Waals surface area contributed by atoms with Crippen molar-refractivity contribution >= 4 is 5.69 Å². The molecule has 1 aromatic rings. The summed E-state index contributed by atoms with van der Waals surface area (Å²) >= 11 is 0. The molecule has 0 amide bonds. The summed E-state index contributed by atoms with van der Waals surface area (Å²) in [5.41, 5.74) is 2.72. The second-order valence-electron chi connectivity index (χ2n) is 6.86. The summed E-state index contributed by atoms with van der Waals surface area (Å²) < 4.78 is 5.23. The molecule has 0 aromatic heterocycles. The number of benzene rings is 1. The van der Waals surface area contributed by atoms with Gasteiger partial charge in [-0.2, -0.15) is 0 Å². The molecule has 2 fully saturated rings. The van der Waals surface area contributed by atoms with Crippen LogP contribution in [0.2, 0.25) is 0 Å². The number of anilines is 1. The Balaban J connectivity index is 1.61. The first-order valence-electron chi connectivity index (χ1n) is 8.70. The monoisotopic (exact) mass is 287 g/mol. The van der Waals surface area contributed by atoms with E-state index in [1.807, 2.05) is 0 Å². The summed E-state index contributed by atoms with van der Waals surface area (Å²) in [4.78, 5) is 0. The van der Waals surface area contributed by atoms with E-state index in [4.69, 9.17) is 4.74 Å². The van der Waals surface area contributed by atoms with Crippen molar-refractivity contribution in [2.45, 2.75) is 57.4 Å². The quantitative estimate of drug-likeness (QED) is 0.851. The van der Waals surface area contributed by atoms with Gasteiger partial charge in [0.15, 0.2) is 0 Å². The lowest BCUT2D eigenvalue weighted by molar-refractivity contribution is 0.162. The molecule has 2 nitrogen and oxygen atoms in total. The molecule has 0 bridgehead atoms. The third-order valence-electron chi connectivity index (χ3n) is 5.49. The van der Waals surface area contributed by atoms with E-state index in [2.05, 4.69) is 29.6 Å². The molecule has 1 aromatic carbocycles. The minimum absolute atomic E-state index is 0.674. The van der Waals surface area contributed by atoms with Gasteiger partial charge >= 0.3 is 0 Å². The molecule has 0 saturated heterocycles. The Morgan fingerprint density at radius 3 is 2.71 bits per heavy atom. The van der Waals surface area contributed by atoms with Crippen LogP contribution in [0.25, 0.3) is 0 Å². The molecule has 0 heterocycles. The minimum atomic E-state index is 0.674. The van der Waals surface area contributed by atoms with Gasteiger partial charge in [-0.1, -0.05) is 43.9 Å². The van der Waals surface area contributed by atoms with Gasteiger partial charge in [-0.05, 0) is 49.1 Å². The fourth-order valence-electron chi connectivity index (χ4n) is 4.32. The number of para-hydroxylation sites is 1. The zero-order valence-electron chi connectivity index (χ0n) is 13.3. The predicted molar refractivity (Wildman–Crippen MR) is 88.7 cm³/mol. The Morgan fingerprint density at radius 2 is 1.86 bits per heavy atom. The highest BCUT2D eigenvalue weighted by Gasteiger charge is 2.32. The third kappa shape index (κ3) is 3.79. The lowest BCUT2D eigenvalue weighted by Crippen LogP contribution is -2.34. The lowest BCUT2D eigenvalue weighted by atomic mass is 9.69. The van der Waals surface area contributed by atoms with Gasteiger partial charge < -0.3 is 10.1 Å². The van der Waals surface area contributed by atoms with E-state index in [9.17, 15) is 0 Å². The fraction of sp³-hybridized carbons (Fsp3) is 0.684. The number of hydrogen-bond acceptors (Lipinski definition) is 2. The van der Waals surface area contributed by atoms with Gasteiger partial charge in [-0.25, -0.2) is 0 Å². The topological polar surface area (TPSA) is 21.3 Å². The van der Waals surface area contributed by atoms with Crippen LogP contribution in [-0.4, -0.2) is 19.8 Å². The fourth-order valence-corrected chi connectivity index (χ4v) is 4.32. The van der Waals surface area contributed by atoms with E-state index in [0.29, 0.717) is 6.04 Å². The Kier molecular flexibility index (Phi) is 5.18. The van der Waals surface area contributed by atoms with Crippen LogP contribution in [0.4, 0.5) is 5.69 Å². The molecule has 2 aliphatic rings. The predicted octanol–water partition coefficient (Wildman–Crippen LogP) is 4.65. The molecular weight excluding hydrogens is 258 g/mol. The first-order valence-corrected chi connectivity index (χ1v) is 8.70. The van der Waals surface area contributed by atoms with Crippen molar-refractivity contribution in [3.8, 4) is 0 Å². The maximum Gasteiger partial charge on any atom is 0.0503 e. The highest BCUT2D eigenvalue weighted by Crippen LogP contribution is 2.41. The molecule has 0 spiro atoms. The summed E-state index contributed by atoms with van der Waals surface area (Å²) in [6.45, 7) is 0.800. The zero-order chi connectivity index (χ0) is 14.5. The average molecular weight is 287 g/mol. The van der Waals surface area contributed by atoms with Gasteiger partial charge in [0.1, 0.15) is 0 Å². The maximum atomic E-state index is 5.23. The number of hydrogen-bond donors (Lipinski definition) is 1. The largest absolute Gasteiger partial charge is 0.384 e. The Bertz CT molecular complexity index is 445. The van der Waals surface area contributed by atoms with Crippen molar-refractivity contribution in [1.82, 2.24) is 0 Å². The van der Waals surface area contributed by atoms with E-state index in [-0.39, 0.29) is 0 Å². The smallest absolute Gasteiger partial charge is 0.0503 e. The molecule has 2 aliphatic carbocycles. The van der Waals surface area contributed by atoms with Crippen LogP contribution in [0.5, 0.6) is 0 Å². The molecule has 3 unspecified atom stereocenters. The highest BCUT2D eigenvalue weighted by atomic mass is 16.5. The van der Waals surface area contributed by atoms with Crippen LogP contribution in [-0.2, 0) is 11.2 Å². The van der Waals surface area contributed by atoms with Gasteiger partial charge in [0.25, 0.3) is 0 Å². The van der Waals surface area contributed by atoms with Gasteiger partial charge in [0.05, 0.1) is 6.61 Å². The number of ether oxygens (including phenoxy) is 1. The molecule has 1 N–H and O–H groups in total. The normalized spacial score (nSPS) is 28.9. The summed E-state index contributed by atoms with van der Waals surface area (Å²) in [7, 11) is 1.78. The Labute approximate surface area is 129 Å². The van der Waals surface area contributed by atoms with Gasteiger partial charge in [-0.15, -0.1) is 0 Å². The van der Waals surface area contributed by atoms with E-state index in [1.165, 1.54) is 56.2 Å². The van der Waals surface area contributed by atoms with Crippen LogP contribution in [0.1, 0.15) is 50.5 Å². The molecule has 21 heavy (non-hydrogen) atoms. The van der Waals surface area contributed by atoms with E-state index in [0.717, 1.165) is 24.9 Å². The number of nitrogens with one attached hydrogen (secondary N) is 1. The summed E-state index contributed by atoms with van der Waals surface area (Å²) in [6, 6.07) is 9.41. The molecule has 3 rings (SSSR count). The van der Waals surface area contributed by atoms with Crippen molar-refractivity contribution in [2.75, 3.05) is 19.0 Å². The molecule has 3 atom stereocenters. The first kappa shape index (κ1) is 14.9. The highest BCUT2D eigenvalue weighted by molar-refractivity contribution is 5.52. The molecule has 2 heteroatoms. The molecule has 0 radical (unpaired) electrons. The van der Waals surface area contributed by atoms with Crippen molar-refractivity contribution in [1.29, 1.82) is 0 Å². The standard InChI is InChI=1S/C19H29NO/c1-21-13-12-16-7-4-5-9-19(16)20-18-11-10-15-6-2-3-8-17(15)14-18/h4-5,7,9,15,17-18,20H,2-3,6,8,10-14H2,1H3.